The molecule has 0 bridgehead atoms. The highest BCUT2D eigenvalue weighted by atomic mass is 16.5. The summed E-state index contributed by atoms with van der Waals surface area (Å²) in [4.78, 5) is 37.7. The van der Waals surface area contributed by atoms with Crippen LogP contribution in [0.15, 0.2) is 47.1 Å². The first kappa shape index (κ1) is 19.5. The number of carbonyl (C=O) groups is 3. The minimum absolute atomic E-state index is 0.143. The van der Waals surface area contributed by atoms with E-state index in [-0.39, 0.29) is 31.2 Å². The van der Waals surface area contributed by atoms with Crippen molar-refractivity contribution < 1.29 is 23.5 Å². The van der Waals surface area contributed by atoms with Gasteiger partial charge in [-0.15, -0.1) is 0 Å². The molecule has 1 aliphatic heterocycles. The minimum Gasteiger partial charge on any atom is -0.497 e. The van der Waals surface area contributed by atoms with E-state index in [4.69, 9.17) is 9.15 Å². The molecule has 1 aromatic heterocycles. The Kier molecular flexibility index (Phi) is 6.31. The van der Waals surface area contributed by atoms with Crippen molar-refractivity contribution >= 4 is 17.8 Å². The quantitative estimate of drug-likeness (QED) is 0.642. The van der Waals surface area contributed by atoms with Crippen LogP contribution in [0.4, 0.5) is 4.79 Å². The SMILES string of the molecule is COc1ccc(CCN2C(=O)N[C@H](CCC(=O)NCc3ccco3)C2=O)cc1. The van der Waals surface area contributed by atoms with Crippen LogP contribution in [-0.4, -0.2) is 42.4 Å². The maximum atomic E-state index is 12.5. The van der Waals surface area contributed by atoms with Crippen molar-refractivity contribution in [1.82, 2.24) is 15.5 Å². The largest absolute Gasteiger partial charge is 0.497 e. The summed E-state index contributed by atoms with van der Waals surface area (Å²) >= 11 is 0. The number of urea groups is 1. The van der Waals surface area contributed by atoms with E-state index < -0.39 is 12.1 Å². The summed E-state index contributed by atoms with van der Waals surface area (Å²) in [6, 6.07) is 9.90. The number of benzene rings is 1. The number of methoxy groups -OCH3 is 1. The Bertz CT molecular complexity index is 817. The molecule has 2 aromatic rings. The molecule has 0 unspecified atom stereocenters. The molecule has 8 nitrogen and oxygen atoms in total. The third-order valence-electron chi connectivity index (χ3n) is 4.59. The Morgan fingerprint density at radius 2 is 2.04 bits per heavy atom. The Balaban J connectivity index is 1.43. The predicted molar refractivity (Wildman–Crippen MR) is 101 cm³/mol. The second kappa shape index (κ2) is 9.07. The van der Waals surface area contributed by atoms with E-state index in [2.05, 4.69) is 10.6 Å². The number of carbonyl (C=O) groups excluding carboxylic acids is 3. The molecule has 1 atom stereocenters. The van der Waals surface area contributed by atoms with E-state index in [1.165, 1.54) is 11.2 Å². The molecule has 2 N–H and O–H groups in total. The molecule has 1 fully saturated rings. The van der Waals surface area contributed by atoms with Gasteiger partial charge >= 0.3 is 6.03 Å². The normalized spacial score (nSPS) is 16.2. The second-order valence-corrected chi connectivity index (χ2v) is 6.48. The average Bonchev–Trinajstić information content (AvgIpc) is 3.32. The van der Waals surface area contributed by atoms with Gasteiger partial charge in [-0.3, -0.25) is 14.5 Å². The predicted octanol–water partition coefficient (Wildman–Crippen LogP) is 1.85. The van der Waals surface area contributed by atoms with E-state index >= 15 is 0 Å². The van der Waals surface area contributed by atoms with Crippen LogP contribution in [0.2, 0.25) is 0 Å². The summed E-state index contributed by atoms with van der Waals surface area (Å²) in [5, 5.41) is 5.37. The average molecular weight is 385 g/mol. The summed E-state index contributed by atoms with van der Waals surface area (Å²) in [7, 11) is 1.60. The number of rotatable bonds is 9. The summed E-state index contributed by atoms with van der Waals surface area (Å²) in [5.74, 6) is 0.917. The van der Waals surface area contributed by atoms with Gasteiger partial charge in [0.1, 0.15) is 17.6 Å². The molecule has 1 aromatic carbocycles. The lowest BCUT2D eigenvalue weighted by atomic mass is 10.1. The molecule has 148 valence electrons. The van der Waals surface area contributed by atoms with Crippen molar-refractivity contribution in [3.63, 3.8) is 0 Å². The van der Waals surface area contributed by atoms with Gasteiger partial charge in [-0.05, 0) is 42.7 Å². The van der Waals surface area contributed by atoms with Crippen LogP contribution in [0, 0.1) is 0 Å². The van der Waals surface area contributed by atoms with Gasteiger partial charge in [-0.1, -0.05) is 12.1 Å². The van der Waals surface area contributed by atoms with Gasteiger partial charge in [0.05, 0.1) is 19.9 Å². The fourth-order valence-corrected chi connectivity index (χ4v) is 2.98. The standard InChI is InChI=1S/C20H23N3O5/c1-27-15-6-4-14(5-7-15)10-11-23-19(25)17(22-20(23)26)8-9-18(24)21-13-16-3-2-12-28-16/h2-7,12,17H,8-11,13H2,1H3,(H,21,24)(H,22,26)/t17-/m1/s1. The number of hydrogen-bond donors (Lipinski definition) is 2. The van der Waals surface area contributed by atoms with E-state index in [0.29, 0.717) is 18.7 Å². The molecule has 8 heteroatoms. The lowest BCUT2D eigenvalue weighted by molar-refractivity contribution is -0.127. The van der Waals surface area contributed by atoms with Gasteiger partial charge in [0.25, 0.3) is 5.91 Å². The molecule has 0 spiro atoms. The molecule has 28 heavy (non-hydrogen) atoms. The summed E-state index contributed by atoms with van der Waals surface area (Å²) in [6.45, 7) is 0.586. The van der Waals surface area contributed by atoms with Crippen molar-refractivity contribution in [2.45, 2.75) is 31.8 Å². The van der Waals surface area contributed by atoms with Gasteiger partial charge in [-0.2, -0.15) is 0 Å². The van der Waals surface area contributed by atoms with Crippen molar-refractivity contribution in [3.05, 3.63) is 54.0 Å². The number of ether oxygens (including phenoxy) is 1. The number of hydrogen-bond acceptors (Lipinski definition) is 5. The molecule has 3 rings (SSSR count). The Morgan fingerprint density at radius 1 is 1.25 bits per heavy atom. The molecule has 0 saturated carbocycles. The molecule has 2 heterocycles. The maximum Gasteiger partial charge on any atom is 0.324 e. The molecule has 0 radical (unpaired) electrons. The Hall–Kier alpha value is -3.29. The number of nitrogens with one attached hydrogen (secondary N) is 2. The van der Waals surface area contributed by atoms with Crippen LogP contribution in [0.25, 0.3) is 0 Å². The number of amides is 4. The highest BCUT2D eigenvalue weighted by Crippen LogP contribution is 2.15. The minimum atomic E-state index is -0.669. The summed E-state index contributed by atoms with van der Waals surface area (Å²) < 4.78 is 10.3. The van der Waals surface area contributed by atoms with Crippen LogP contribution in [0.3, 0.4) is 0 Å². The van der Waals surface area contributed by atoms with Gasteiger partial charge in [0.2, 0.25) is 5.91 Å². The van der Waals surface area contributed by atoms with E-state index in [1.54, 1.807) is 19.2 Å². The molecule has 1 aliphatic rings. The maximum absolute atomic E-state index is 12.5. The van der Waals surface area contributed by atoms with Crippen LogP contribution >= 0.6 is 0 Å². The smallest absolute Gasteiger partial charge is 0.324 e. The molecular weight excluding hydrogens is 362 g/mol. The molecule has 0 aliphatic carbocycles. The van der Waals surface area contributed by atoms with Gasteiger partial charge in [0.15, 0.2) is 0 Å². The molecule has 4 amide bonds. The van der Waals surface area contributed by atoms with Gasteiger partial charge < -0.3 is 19.8 Å². The lowest BCUT2D eigenvalue weighted by Gasteiger charge is -2.13. The van der Waals surface area contributed by atoms with Gasteiger partial charge in [-0.25, -0.2) is 4.79 Å². The number of imide groups is 1. The van der Waals surface area contributed by atoms with E-state index in [9.17, 15) is 14.4 Å². The fourth-order valence-electron chi connectivity index (χ4n) is 2.98. The van der Waals surface area contributed by atoms with Crippen LogP contribution in [0.1, 0.15) is 24.2 Å². The Labute approximate surface area is 162 Å². The Morgan fingerprint density at radius 3 is 2.71 bits per heavy atom. The fraction of sp³-hybridized carbons (Fsp3) is 0.350. The summed E-state index contributed by atoms with van der Waals surface area (Å²) in [5.41, 5.74) is 1.00. The molecule has 1 saturated heterocycles. The van der Waals surface area contributed by atoms with E-state index in [1.807, 2.05) is 24.3 Å². The monoisotopic (exact) mass is 385 g/mol. The topological polar surface area (TPSA) is 101 Å². The number of furan rings is 1. The highest BCUT2D eigenvalue weighted by molar-refractivity contribution is 6.04. The summed E-state index contributed by atoms with van der Waals surface area (Å²) in [6.07, 6.45) is 2.49. The highest BCUT2D eigenvalue weighted by Gasteiger charge is 2.37. The zero-order valence-electron chi connectivity index (χ0n) is 15.6. The zero-order chi connectivity index (χ0) is 19.9. The van der Waals surface area contributed by atoms with Crippen molar-refractivity contribution in [1.29, 1.82) is 0 Å². The lowest BCUT2D eigenvalue weighted by Crippen LogP contribution is -2.33. The first-order chi connectivity index (χ1) is 13.6. The second-order valence-electron chi connectivity index (χ2n) is 6.48. The number of nitrogens with zero attached hydrogens (tertiary/aromatic N) is 1. The van der Waals surface area contributed by atoms with Crippen molar-refractivity contribution in [3.8, 4) is 5.75 Å². The third-order valence-corrected chi connectivity index (χ3v) is 4.59. The first-order valence-electron chi connectivity index (χ1n) is 9.10. The molecular formula is C20H23N3O5. The van der Waals surface area contributed by atoms with Crippen LogP contribution < -0.4 is 15.4 Å². The van der Waals surface area contributed by atoms with Crippen LogP contribution in [-0.2, 0) is 22.6 Å². The zero-order valence-corrected chi connectivity index (χ0v) is 15.6. The van der Waals surface area contributed by atoms with Crippen molar-refractivity contribution in [2.24, 2.45) is 0 Å². The first-order valence-corrected chi connectivity index (χ1v) is 9.10. The van der Waals surface area contributed by atoms with Crippen LogP contribution in [0.5, 0.6) is 5.75 Å². The van der Waals surface area contributed by atoms with Crippen molar-refractivity contribution in [2.75, 3.05) is 13.7 Å². The third kappa shape index (κ3) is 4.91. The van der Waals surface area contributed by atoms with E-state index in [0.717, 1.165) is 11.3 Å². The van der Waals surface area contributed by atoms with Gasteiger partial charge in [0, 0.05) is 13.0 Å².